The molecule has 1 aliphatic heterocycles. The third-order valence-electron chi connectivity index (χ3n) is 8.02. The summed E-state index contributed by atoms with van der Waals surface area (Å²) < 4.78 is 6.04. The monoisotopic (exact) mass is 616 g/mol. The summed E-state index contributed by atoms with van der Waals surface area (Å²) in [5.41, 5.74) is 11.2. The van der Waals surface area contributed by atoms with Crippen molar-refractivity contribution in [3.05, 3.63) is 120 Å². The van der Waals surface area contributed by atoms with Crippen LogP contribution < -0.4 is 15.4 Å². The number of ketones is 1. The van der Waals surface area contributed by atoms with Crippen LogP contribution >= 0.6 is 23.2 Å². The Morgan fingerprint density at radius 2 is 1.81 bits per heavy atom. The number of anilines is 1. The normalized spacial score (nSPS) is 17.9. The molecule has 0 fully saturated rings. The number of nitrogens with zero attached hydrogens (tertiary/aromatic N) is 3. The van der Waals surface area contributed by atoms with Crippen LogP contribution in [-0.4, -0.2) is 10.7 Å². The number of nitrogens with two attached hydrogens (primary N) is 1. The Balaban J connectivity index is 1.69. The minimum Gasteiger partial charge on any atom is -0.487 e. The van der Waals surface area contributed by atoms with Gasteiger partial charge in [0.15, 0.2) is 5.78 Å². The first-order chi connectivity index (χ1) is 20.3. The van der Waals surface area contributed by atoms with Gasteiger partial charge in [0.05, 0.1) is 33.2 Å². The van der Waals surface area contributed by atoms with Crippen molar-refractivity contribution in [3.63, 3.8) is 0 Å². The molecule has 10 heteroatoms. The highest BCUT2D eigenvalue weighted by Crippen LogP contribution is 2.51. The van der Waals surface area contributed by atoms with Crippen LogP contribution in [0.1, 0.15) is 54.9 Å². The smallest absolute Gasteiger partial charge is 0.289 e. The van der Waals surface area contributed by atoms with E-state index in [0.717, 1.165) is 22.3 Å². The lowest BCUT2D eigenvalue weighted by molar-refractivity contribution is -0.384. The molecule has 5 rings (SSSR count). The van der Waals surface area contributed by atoms with Gasteiger partial charge in [0, 0.05) is 23.8 Å². The van der Waals surface area contributed by atoms with Crippen LogP contribution in [0.4, 0.5) is 11.4 Å². The third kappa shape index (κ3) is 5.58. The summed E-state index contributed by atoms with van der Waals surface area (Å²) in [7, 11) is 0. The molecule has 0 aromatic heterocycles. The Morgan fingerprint density at radius 3 is 2.49 bits per heavy atom. The van der Waals surface area contributed by atoms with E-state index >= 15 is 0 Å². The molecule has 220 valence electrons. The number of carbonyl (C=O) groups excluding carboxylic acids is 1. The summed E-state index contributed by atoms with van der Waals surface area (Å²) in [5, 5.41) is 22.7. The van der Waals surface area contributed by atoms with Gasteiger partial charge in [0.25, 0.3) is 5.69 Å². The molecule has 0 amide bonds. The number of allylic oxidation sites excluding steroid dienone is 3. The van der Waals surface area contributed by atoms with Gasteiger partial charge >= 0.3 is 0 Å². The lowest BCUT2D eigenvalue weighted by atomic mass is 9.68. The number of halogens is 2. The van der Waals surface area contributed by atoms with Crippen molar-refractivity contribution in [2.24, 2.45) is 11.1 Å². The maximum absolute atomic E-state index is 14.0. The average Bonchev–Trinajstić information content (AvgIpc) is 2.93. The number of benzene rings is 3. The molecular formula is C33H30Cl2N4O4. The van der Waals surface area contributed by atoms with E-state index in [9.17, 15) is 20.2 Å². The fraction of sp³-hybridized carbons (Fsp3) is 0.273. The standard InChI is InChI=1S/C33H30Cl2N4O4/c1-18-11-19(2)22(12-20(18)17-43-29-8-6-5-7-25(29)35)30-23(16-36)32(37)38(21-9-10-24(34)26(13-21)39(41)42)27-14-33(3,4)15-28(40)31(27)30/h5-13,30H,14-15,17,37H2,1-4H3. The molecule has 1 aliphatic carbocycles. The van der Waals surface area contributed by atoms with Crippen molar-refractivity contribution in [1.82, 2.24) is 0 Å². The second kappa shape index (κ2) is 11.4. The first-order valence-corrected chi connectivity index (χ1v) is 14.5. The Hall–Kier alpha value is -4.32. The summed E-state index contributed by atoms with van der Waals surface area (Å²) in [5.74, 6) is -0.157. The fourth-order valence-corrected chi connectivity index (χ4v) is 6.37. The number of Topliss-reactive ketones (excluding diaryl/α,β-unsaturated/α-hetero) is 1. The number of nitro benzene ring substituents is 1. The maximum Gasteiger partial charge on any atom is 0.289 e. The van der Waals surface area contributed by atoms with E-state index < -0.39 is 16.3 Å². The van der Waals surface area contributed by atoms with E-state index in [1.54, 1.807) is 23.1 Å². The topological polar surface area (TPSA) is 122 Å². The Morgan fingerprint density at radius 1 is 1.09 bits per heavy atom. The molecule has 0 radical (unpaired) electrons. The average molecular weight is 618 g/mol. The van der Waals surface area contributed by atoms with Crippen LogP contribution in [0.2, 0.25) is 10.0 Å². The van der Waals surface area contributed by atoms with E-state index in [2.05, 4.69) is 6.07 Å². The van der Waals surface area contributed by atoms with Gasteiger partial charge < -0.3 is 10.5 Å². The summed E-state index contributed by atoms with van der Waals surface area (Å²) in [6, 6.07) is 17.8. The van der Waals surface area contributed by atoms with Gasteiger partial charge in [-0.05, 0) is 72.2 Å². The third-order valence-corrected chi connectivity index (χ3v) is 8.65. The SMILES string of the molecule is Cc1cc(C)c(C2C(C#N)=C(N)N(c3ccc(Cl)c([N+](=O)[O-])c3)C3=C2C(=O)CC(C)(C)C3)cc1COc1ccccc1Cl. The predicted molar refractivity (Wildman–Crippen MR) is 167 cm³/mol. The molecule has 0 bridgehead atoms. The number of carbonyl (C=O) groups is 1. The van der Waals surface area contributed by atoms with Gasteiger partial charge in [-0.3, -0.25) is 19.8 Å². The zero-order valence-electron chi connectivity index (χ0n) is 24.2. The number of rotatable bonds is 6. The van der Waals surface area contributed by atoms with Crippen molar-refractivity contribution < 1.29 is 14.5 Å². The number of nitriles is 1. The van der Waals surface area contributed by atoms with Crippen LogP contribution in [0.25, 0.3) is 0 Å². The molecule has 0 spiro atoms. The van der Waals surface area contributed by atoms with Crippen molar-refractivity contribution in [2.75, 3.05) is 4.90 Å². The van der Waals surface area contributed by atoms with Crippen molar-refractivity contribution in [1.29, 1.82) is 5.26 Å². The Labute approximate surface area is 260 Å². The minimum atomic E-state index is -0.721. The van der Waals surface area contributed by atoms with Gasteiger partial charge in [-0.2, -0.15) is 5.26 Å². The predicted octanol–water partition coefficient (Wildman–Crippen LogP) is 8.04. The molecule has 2 aliphatic rings. The maximum atomic E-state index is 14.0. The zero-order chi connectivity index (χ0) is 31.2. The molecule has 8 nitrogen and oxygen atoms in total. The molecule has 0 saturated carbocycles. The number of para-hydroxylation sites is 1. The van der Waals surface area contributed by atoms with Crippen LogP contribution in [0.5, 0.6) is 5.75 Å². The van der Waals surface area contributed by atoms with Gasteiger partial charge in [0.1, 0.15) is 23.2 Å². The first-order valence-electron chi connectivity index (χ1n) is 13.7. The number of hydrogen-bond donors (Lipinski definition) is 1. The van der Waals surface area contributed by atoms with E-state index in [1.807, 2.05) is 52.0 Å². The fourth-order valence-electron chi connectivity index (χ4n) is 5.99. The lowest BCUT2D eigenvalue weighted by Gasteiger charge is -2.44. The van der Waals surface area contributed by atoms with E-state index in [4.69, 9.17) is 33.7 Å². The Kier molecular flexibility index (Phi) is 7.99. The quantitative estimate of drug-likeness (QED) is 0.219. The van der Waals surface area contributed by atoms with Crippen molar-refractivity contribution in [2.45, 2.75) is 53.1 Å². The summed E-state index contributed by atoms with van der Waals surface area (Å²) in [6.07, 6.45) is 0.747. The van der Waals surface area contributed by atoms with Gasteiger partial charge in [0.2, 0.25) is 0 Å². The summed E-state index contributed by atoms with van der Waals surface area (Å²) >= 11 is 12.4. The van der Waals surface area contributed by atoms with Crippen molar-refractivity contribution in [3.8, 4) is 11.8 Å². The summed E-state index contributed by atoms with van der Waals surface area (Å²) in [6.45, 7) is 8.13. The number of aryl methyl sites for hydroxylation is 2. The molecule has 3 aromatic carbocycles. The second-order valence-electron chi connectivity index (χ2n) is 11.7. The zero-order valence-corrected chi connectivity index (χ0v) is 25.7. The Bertz CT molecular complexity index is 1790. The molecular weight excluding hydrogens is 587 g/mol. The molecule has 3 aromatic rings. The second-order valence-corrected chi connectivity index (χ2v) is 12.5. The van der Waals surface area contributed by atoms with Gasteiger partial charge in [-0.15, -0.1) is 0 Å². The van der Waals surface area contributed by atoms with Crippen LogP contribution in [0.3, 0.4) is 0 Å². The molecule has 43 heavy (non-hydrogen) atoms. The van der Waals surface area contributed by atoms with Crippen LogP contribution in [0.15, 0.2) is 77.3 Å². The molecule has 0 saturated heterocycles. The molecule has 1 atom stereocenters. The number of hydrogen-bond acceptors (Lipinski definition) is 7. The summed E-state index contributed by atoms with van der Waals surface area (Å²) in [4.78, 5) is 26.7. The van der Waals surface area contributed by atoms with Gasteiger partial charge in [-0.25, -0.2) is 0 Å². The largest absolute Gasteiger partial charge is 0.487 e. The van der Waals surface area contributed by atoms with Crippen molar-refractivity contribution >= 4 is 40.4 Å². The first kappa shape index (κ1) is 30.1. The van der Waals surface area contributed by atoms with E-state index in [-0.39, 0.29) is 40.9 Å². The highest BCUT2D eigenvalue weighted by Gasteiger charge is 2.45. The van der Waals surface area contributed by atoms with Crippen LogP contribution in [0, 0.1) is 40.7 Å². The highest BCUT2D eigenvalue weighted by molar-refractivity contribution is 6.32. The minimum absolute atomic E-state index is 0.0252. The van der Waals surface area contributed by atoms with Gasteiger partial charge in [-0.1, -0.05) is 61.3 Å². The molecule has 1 unspecified atom stereocenters. The van der Waals surface area contributed by atoms with Crippen LogP contribution in [-0.2, 0) is 11.4 Å². The van der Waals surface area contributed by atoms with E-state index in [1.165, 1.54) is 12.1 Å². The molecule has 1 heterocycles. The number of ether oxygens (including phenoxy) is 1. The molecule has 2 N–H and O–H groups in total. The lowest BCUT2D eigenvalue weighted by Crippen LogP contribution is -2.42. The number of nitro groups is 1. The van der Waals surface area contributed by atoms with E-state index in [0.29, 0.717) is 34.2 Å². The highest BCUT2D eigenvalue weighted by atomic mass is 35.5.